The molecule has 0 fully saturated rings. The summed E-state index contributed by atoms with van der Waals surface area (Å²) in [4.78, 5) is 24.0. The zero-order valence-electron chi connectivity index (χ0n) is 31.1. The number of aryl methyl sites for hydroxylation is 5. The molecule has 3 aromatic carbocycles. The Morgan fingerprint density at radius 2 is 1.54 bits per heavy atom. The third-order valence-electron chi connectivity index (χ3n) is 9.36. The molecule has 1 unspecified atom stereocenters. The largest absolute Gasteiger partial charge is 0.475 e. The number of rotatable bonds is 14. The molecule has 1 N–H and O–H groups in total. The first kappa shape index (κ1) is 36.9. The fourth-order valence-electron chi connectivity index (χ4n) is 6.79. The molecular formula is C41H48N4O6S. The van der Waals surface area contributed by atoms with Crippen molar-refractivity contribution in [3.8, 4) is 17.2 Å². The van der Waals surface area contributed by atoms with Crippen LogP contribution in [0.25, 0.3) is 11.2 Å². The van der Waals surface area contributed by atoms with Crippen LogP contribution in [0, 0.1) is 13.8 Å². The highest BCUT2D eigenvalue weighted by molar-refractivity contribution is 7.90. The van der Waals surface area contributed by atoms with Crippen molar-refractivity contribution in [1.29, 1.82) is 0 Å². The van der Waals surface area contributed by atoms with Crippen LogP contribution in [0.5, 0.6) is 17.2 Å². The van der Waals surface area contributed by atoms with Gasteiger partial charge in [0.15, 0.2) is 17.1 Å². The fourth-order valence-corrected chi connectivity index (χ4v) is 7.77. The van der Waals surface area contributed by atoms with Crippen LogP contribution in [0.4, 0.5) is 0 Å². The smallest absolute Gasteiger partial charge is 0.279 e. The highest BCUT2D eigenvalue weighted by Gasteiger charge is 2.31. The maximum absolute atomic E-state index is 14.2. The van der Waals surface area contributed by atoms with E-state index in [1.54, 1.807) is 30.3 Å². The number of fused-ring (bicyclic) bond motifs is 2. The van der Waals surface area contributed by atoms with E-state index in [0.29, 0.717) is 42.2 Å². The van der Waals surface area contributed by atoms with Crippen molar-refractivity contribution in [2.24, 2.45) is 0 Å². The zero-order chi connectivity index (χ0) is 37.2. The maximum Gasteiger partial charge on any atom is 0.279 e. The van der Waals surface area contributed by atoms with Crippen LogP contribution in [-0.4, -0.2) is 35.7 Å². The van der Waals surface area contributed by atoms with E-state index in [-0.39, 0.29) is 17.6 Å². The van der Waals surface area contributed by atoms with Crippen LogP contribution < -0.4 is 18.9 Å². The first-order valence-electron chi connectivity index (χ1n) is 18.1. The lowest BCUT2D eigenvalue weighted by molar-refractivity contribution is -0.126. The number of benzene rings is 3. The van der Waals surface area contributed by atoms with Gasteiger partial charge in [-0.1, -0.05) is 77.8 Å². The molecule has 2 aromatic heterocycles. The monoisotopic (exact) mass is 724 g/mol. The number of hydrogen-bond acceptors (Lipinski definition) is 8. The minimum absolute atomic E-state index is 0.00395. The molecule has 0 saturated carbocycles. The SMILES string of the molecule is CCCc1cc(Cn2c(CC)nc3c(C)cc(C)nc32)cc(CCC)c1OC(C(=O)NS(=O)(=O)c1ccc(C(C)C)cc1)c1ccc2c(c1)OCO2. The van der Waals surface area contributed by atoms with Crippen molar-refractivity contribution in [3.05, 3.63) is 106 Å². The molecule has 0 saturated heterocycles. The lowest BCUT2D eigenvalue weighted by Gasteiger charge is -2.24. The predicted molar refractivity (Wildman–Crippen MR) is 202 cm³/mol. The number of amides is 1. The number of pyridine rings is 1. The van der Waals surface area contributed by atoms with Crippen molar-refractivity contribution >= 4 is 27.1 Å². The van der Waals surface area contributed by atoms with Crippen molar-refractivity contribution in [1.82, 2.24) is 19.3 Å². The standard InChI is InChI=1S/C41H48N4O6S/c1-8-11-30-20-28(23-45-36(10-3)43-37-26(6)19-27(7)42-40(37)45)21-31(12-9-2)38(30)51-39(32-15-18-34-35(22-32)50-24-49-34)41(46)44-52(47,48)33-16-13-29(14-17-33)25(4)5/h13-22,25,39H,8-12,23-24H2,1-7H3,(H,44,46). The second kappa shape index (κ2) is 15.4. The number of sulfonamides is 1. The highest BCUT2D eigenvalue weighted by Crippen LogP contribution is 2.38. The second-order valence-electron chi connectivity index (χ2n) is 13.8. The minimum Gasteiger partial charge on any atom is -0.475 e. The molecule has 0 spiro atoms. The van der Waals surface area contributed by atoms with Gasteiger partial charge in [0.05, 0.1) is 11.4 Å². The number of ether oxygens (including phenoxy) is 3. The van der Waals surface area contributed by atoms with Gasteiger partial charge in [-0.15, -0.1) is 0 Å². The van der Waals surface area contributed by atoms with Gasteiger partial charge in [0.1, 0.15) is 17.1 Å². The van der Waals surface area contributed by atoms with E-state index in [0.717, 1.165) is 69.8 Å². The first-order valence-corrected chi connectivity index (χ1v) is 19.6. The average molecular weight is 725 g/mol. The molecule has 0 aliphatic carbocycles. The summed E-state index contributed by atoms with van der Waals surface area (Å²) in [5.41, 5.74) is 8.21. The van der Waals surface area contributed by atoms with E-state index in [1.165, 1.54) is 12.1 Å². The fraction of sp³-hybridized carbons (Fsp3) is 0.390. The third-order valence-corrected chi connectivity index (χ3v) is 10.7. The molecule has 1 aliphatic heterocycles. The third kappa shape index (κ3) is 7.65. The Labute approximate surface area is 306 Å². The molecule has 3 heterocycles. The summed E-state index contributed by atoms with van der Waals surface area (Å²) in [5, 5.41) is 0. The Hall–Kier alpha value is -4.90. The first-order chi connectivity index (χ1) is 24.9. The lowest BCUT2D eigenvalue weighted by Crippen LogP contribution is -2.37. The normalized spacial score (nSPS) is 13.2. The summed E-state index contributed by atoms with van der Waals surface area (Å²) in [6.07, 6.45) is 2.50. The van der Waals surface area contributed by atoms with Crippen LogP contribution >= 0.6 is 0 Å². The number of nitrogens with one attached hydrogen (secondary N) is 1. The Kier molecular flexibility index (Phi) is 10.9. The van der Waals surface area contributed by atoms with Gasteiger partial charge in [-0.25, -0.2) is 23.1 Å². The number of carbonyl (C=O) groups is 1. The Morgan fingerprint density at radius 1 is 0.885 bits per heavy atom. The van der Waals surface area contributed by atoms with E-state index in [1.807, 2.05) is 20.8 Å². The van der Waals surface area contributed by atoms with Crippen molar-refractivity contribution in [3.63, 3.8) is 0 Å². The summed E-state index contributed by atoms with van der Waals surface area (Å²) in [5.74, 6) is 1.97. The molecule has 1 atom stereocenters. The molecule has 11 heteroatoms. The topological polar surface area (TPSA) is 122 Å². The Balaban J connectivity index is 1.41. The van der Waals surface area contributed by atoms with Gasteiger partial charge >= 0.3 is 0 Å². The Morgan fingerprint density at radius 3 is 2.17 bits per heavy atom. The predicted octanol–water partition coefficient (Wildman–Crippen LogP) is 8.04. The molecule has 5 aromatic rings. The van der Waals surface area contributed by atoms with Gasteiger partial charge in [0, 0.05) is 17.7 Å². The van der Waals surface area contributed by atoms with Crippen LogP contribution in [0.3, 0.4) is 0 Å². The Bertz CT molecular complexity index is 2180. The average Bonchev–Trinajstić information content (AvgIpc) is 3.72. The van der Waals surface area contributed by atoms with Crippen LogP contribution in [0.2, 0.25) is 0 Å². The van der Waals surface area contributed by atoms with Gasteiger partial charge in [0.2, 0.25) is 12.9 Å². The van der Waals surface area contributed by atoms with E-state index in [4.69, 9.17) is 24.2 Å². The van der Waals surface area contributed by atoms with Gasteiger partial charge in [-0.05, 0) is 90.8 Å². The summed E-state index contributed by atoms with van der Waals surface area (Å²) < 4.78 is 49.6. The van der Waals surface area contributed by atoms with E-state index in [9.17, 15) is 13.2 Å². The highest BCUT2D eigenvalue weighted by atomic mass is 32.2. The van der Waals surface area contributed by atoms with Crippen molar-refractivity contribution < 1.29 is 27.4 Å². The lowest BCUT2D eigenvalue weighted by atomic mass is 9.97. The maximum atomic E-state index is 14.2. The summed E-state index contributed by atoms with van der Waals surface area (Å²) in [6, 6.07) is 18.0. The number of aromatic nitrogens is 3. The summed E-state index contributed by atoms with van der Waals surface area (Å²) in [6.45, 7) is 15.1. The van der Waals surface area contributed by atoms with E-state index in [2.05, 4.69) is 55.2 Å². The molecule has 0 bridgehead atoms. The number of imidazole rings is 1. The van der Waals surface area contributed by atoms with Gasteiger partial charge in [-0.2, -0.15) is 0 Å². The summed E-state index contributed by atoms with van der Waals surface area (Å²) >= 11 is 0. The van der Waals surface area contributed by atoms with Gasteiger partial charge in [0.25, 0.3) is 15.9 Å². The van der Waals surface area contributed by atoms with Crippen molar-refractivity contribution in [2.75, 3.05) is 6.79 Å². The molecule has 52 heavy (non-hydrogen) atoms. The minimum atomic E-state index is -4.22. The van der Waals surface area contributed by atoms with Crippen LogP contribution in [0.1, 0.15) is 104 Å². The second-order valence-corrected chi connectivity index (χ2v) is 15.5. The van der Waals surface area contributed by atoms with E-state index >= 15 is 0 Å². The summed E-state index contributed by atoms with van der Waals surface area (Å²) in [7, 11) is -4.22. The zero-order valence-corrected chi connectivity index (χ0v) is 31.9. The van der Waals surface area contributed by atoms with Gasteiger partial charge in [-0.3, -0.25) is 4.79 Å². The number of hydrogen-bond donors (Lipinski definition) is 1. The van der Waals surface area contributed by atoms with Crippen LogP contribution in [-0.2, 0) is 40.6 Å². The molecule has 1 amide bonds. The number of nitrogens with zero attached hydrogens (tertiary/aromatic N) is 3. The molecule has 6 rings (SSSR count). The molecule has 274 valence electrons. The molecule has 10 nitrogen and oxygen atoms in total. The van der Waals surface area contributed by atoms with Crippen molar-refractivity contribution in [2.45, 2.75) is 104 Å². The molecular weight excluding hydrogens is 677 g/mol. The molecule has 1 aliphatic rings. The van der Waals surface area contributed by atoms with Gasteiger partial charge < -0.3 is 18.8 Å². The van der Waals surface area contributed by atoms with E-state index < -0.39 is 22.0 Å². The van der Waals surface area contributed by atoms with Crippen LogP contribution in [0.15, 0.2) is 65.6 Å². The molecule has 0 radical (unpaired) electrons. The quantitative estimate of drug-likeness (QED) is 0.122. The number of carbonyl (C=O) groups excluding carboxylic acids is 1.